The van der Waals surface area contributed by atoms with Crippen molar-refractivity contribution in [2.24, 2.45) is 21.8 Å². The lowest BCUT2D eigenvalue weighted by Crippen LogP contribution is -2.54. The van der Waals surface area contributed by atoms with Gasteiger partial charge in [-0.05, 0) is 88.1 Å². The predicted octanol–water partition coefficient (Wildman–Crippen LogP) is 3.40. The Morgan fingerprint density at radius 1 is 0.931 bits per heavy atom. The molecule has 16 heteroatoms. The second-order valence-electron chi connectivity index (χ2n) is 16.4. The molecule has 2 unspecified atom stereocenters. The van der Waals surface area contributed by atoms with E-state index in [-0.39, 0.29) is 30.8 Å². The van der Waals surface area contributed by atoms with Crippen LogP contribution in [0.5, 0.6) is 5.75 Å². The first-order valence-corrected chi connectivity index (χ1v) is 20.7. The number of hydrogen-bond donors (Lipinski definition) is 2. The van der Waals surface area contributed by atoms with Gasteiger partial charge in [0.25, 0.3) is 11.8 Å². The fraction of sp³-hybridized carbons (Fsp3) is 0.524. The number of nitriles is 1. The SMILES string of the molecule is CC1(NC(=O)C2CCC(Oc3ccc(C#N)c(Cl)c3)CC2)CN=C(N2CCC(CN3CCN(c4ccc5c(c4)C(=O)N(C4CCC(=O)NC4=O)C5=O)CC3)CC2)C=N1. The standard InChI is InChI=1S/C42H48ClN9O6/c1-42(48-38(54)27-2-6-30(7-3-27)58-31-8-4-28(22-44)34(43)21-31)25-45-36(23-46-42)51-14-12-26(13-15-51)24-49-16-18-50(19-17-49)29-5-9-32-33(20-29)41(57)52(40(32)56)35-10-11-37(53)47-39(35)55/h4-5,8-9,20-21,23,26-27,30,35H,2-3,6-7,10-19,24-25H2,1H3,(H,48,54)(H,47,53,55). The number of nitrogens with zero attached hydrogens (tertiary/aromatic N) is 7. The molecule has 5 aliphatic heterocycles. The van der Waals surface area contributed by atoms with E-state index in [4.69, 9.17) is 31.6 Å². The zero-order chi connectivity index (χ0) is 40.6. The minimum Gasteiger partial charge on any atom is -0.490 e. The Labute approximate surface area is 342 Å². The molecule has 0 bridgehead atoms. The van der Waals surface area contributed by atoms with E-state index in [1.165, 1.54) is 0 Å². The molecule has 2 aromatic carbocycles. The Morgan fingerprint density at radius 2 is 1.67 bits per heavy atom. The molecule has 304 valence electrons. The molecule has 5 heterocycles. The molecule has 2 N–H and O–H groups in total. The van der Waals surface area contributed by atoms with Crippen LogP contribution in [-0.2, 0) is 14.4 Å². The van der Waals surface area contributed by atoms with E-state index >= 15 is 0 Å². The lowest BCUT2D eigenvalue weighted by molar-refractivity contribution is -0.136. The minimum absolute atomic E-state index is 0.00273. The number of carbonyl (C=O) groups is 5. The number of fused-ring (bicyclic) bond motifs is 1. The molecule has 4 fully saturated rings. The summed E-state index contributed by atoms with van der Waals surface area (Å²) in [6, 6.07) is 11.5. The summed E-state index contributed by atoms with van der Waals surface area (Å²) in [7, 11) is 0. The van der Waals surface area contributed by atoms with Gasteiger partial charge in [0, 0.05) is 69.9 Å². The van der Waals surface area contributed by atoms with Crippen molar-refractivity contribution in [2.75, 3.05) is 57.3 Å². The molecule has 2 aromatic rings. The molecule has 2 atom stereocenters. The molecular formula is C42H48ClN9O6. The maximum atomic E-state index is 13.3. The van der Waals surface area contributed by atoms with Gasteiger partial charge in [-0.25, -0.2) is 0 Å². The van der Waals surface area contributed by atoms with Gasteiger partial charge in [-0.3, -0.25) is 49.1 Å². The normalized spacial score (nSPS) is 26.9. The number of nitrogens with one attached hydrogen (secondary N) is 2. The summed E-state index contributed by atoms with van der Waals surface area (Å²) in [5, 5.41) is 14.9. The van der Waals surface area contributed by atoms with Crippen LogP contribution in [0.1, 0.15) is 84.6 Å². The van der Waals surface area contributed by atoms with Gasteiger partial charge in [-0.15, -0.1) is 0 Å². The summed E-state index contributed by atoms with van der Waals surface area (Å²) in [5.74, 6) is -0.0280. The van der Waals surface area contributed by atoms with E-state index < -0.39 is 35.3 Å². The number of imide groups is 2. The fourth-order valence-corrected chi connectivity index (χ4v) is 9.20. The third-order valence-corrected chi connectivity index (χ3v) is 12.7. The lowest BCUT2D eigenvalue weighted by Gasteiger charge is -2.40. The number of amides is 5. The first-order chi connectivity index (χ1) is 28.0. The summed E-state index contributed by atoms with van der Waals surface area (Å²) in [6.45, 7) is 8.49. The summed E-state index contributed by atoms with van der Waals surface area (Å²) >= 11 is 6.16. The Balaban J connectivity index is 0.748. The highest BCUT2D eigenvalue weighted by Gasteiger charge is 2.45. The Hall–Kier alpha value is -5.33. The van der Waals surface area contributed by atoms with E-state index in [0.29, 0.717) is 52.8 Å². The number of halogens is 1. The van der Waals surface area contributed by atoms with Crippen LogP contribution in [0.4, 0.5) is 5.69 Å². The van der Waals surface area contributed by atoms with E-state index in [1.54, 1.807) is 30.3 Å². The summed E-state index contributed by atoms with van der Waals surface area (Å²) in [6.07, 6.45) is 7.07. The predicted molar refractivity (Wildman–Crippen MR) is 216 cm³/mol. The van der Waals surface area contributed by atoms with Gasteiger partial charge in [0.1, 0.15) is 29.4 Å². The van der Waals surface area contributed by atoms with Gasteiger partial charge < -0.3 is 19.9 Å². The highest BCUT2D eigenvalue weighted by atomic mass is 35.5. The number of anilines is 1. The molecule has 0 radical (unpaired) electrons. The molecule has 1 aliphatic carbocycles. The van der Waals surface area contributed by atoms with Crippen LogP contribution in [-0.4, -0.2) is 126 Å². The zero-order valence-corrected chi connectivity index (χ0v) is 33.4. The van der Waals surface area contributed by atoms with E-state index in [1.807, 2.05) is 19.2 Å². The molecule has 0 spiro atoms. The fourth-order valence-electron chi connectivity index (χ4n) is 8.99. The lowest BCUT2D eigenvalue weighted by atomic mass is 9.86. The van der Waals surface area contributed by atoms with Crippen LogP contribution in [0.25, 0.3) is 0 Å². The van der Waals surface area contributed by atoms with Crippen molar-refractivity contribution in [1.29, 1.82) is 5.26 Å². The van der Waals surface area contributed by atoms with Crippen molar-refractivity contribution in [1.82, 2.24) is 25.3 Å². The number of benzene rings is 2. The summed E-state index contributed by atoms with van der Waals surface area (Å²) in [5.41, 5.74) is 1.11. The van der Waals surface area contributed by atoms with Crippen LogP contribution in [0.2, 0.25) is 5.02 Å². The first-order valence-electron chi connectivity index (χ1n) is 20.3. The Bertz CT molecular complexity index is 2100. The molecule has 15 nitrogen and oxygen atoms in total. The van der Waals surface area contributed by atoms with Crippen LogP contribution in [0.3, 0.4) is 0 Å². The molecule has 8 rings (SSSR count). The second kappa shape index (κ2) is 16.5. The van der Waals surface area contributed by atoms with E-state index in [2.05, 4.69) is 31.4 Å². The van der Waals surface area contributed by atoms with Crippen molar-refractivity contribution in [3.05, 3.63) is 58.1 Å². The van der Waals surface area contributed by atoms with Gasteiger partial charge in [0.15, 0.2) is 0 Å². The maximum absolute atomic E-state index is 13.3. The highest BCUT2D eigenvalue weighted by Crippen LogP contribution is 2.33. The third-order valence-electron chi connectivity index (χ3n) is 12.4. The zero-order valence-electron chi connectivity index (χ0n) is 32.6. The van der Waals surface area contributed by atoms with Crippen molar-refractivity contribution in [2.45, 2.75) is 76.1 Å². The van der Waals surface area contributed by atoms with Crippen LogP contribution >= 0.6 is 11.6 Å². The van der Waals surface area contributed by atoms with Crippen LogP contribution < -0.4 is 20.3 Å². The molecule has 1 saturated carbocycles. The molecule has 3 saturated heterocycles. The van der Waals surface area contributed by atoms with E-state index in [0.717, 1.165) is 87.9 Å². The first kappa shape index (κ1) is 39.5. The molecular weight excluding hydrogens is 762 g/mol. The van der Waals surface area contributed by atoms with Crippen LogP contribution in [0, 0.1) is 23.2 Å². The number of ether oxygens (including phenoxy) is 1. The number of piperidine rings is 2. The monoisotopic (exact) mass is 809 g/mol. The van der Waals surface area contributed by atoms with Gasteiger partial charge in [0.2, 0.25) is 17.7 Å². The van der Waals surface area contributed by atoms with Crippen molar-refractivity contribution in [3.63, 3.8) is 0 Å². The molecule has 5 amide bonds. The summed E-state index contributed by atoms with van der Waals surface area (Å²) in [4.78, 5) is 81.5. The quantitative estimate of drug-likeness (QED) is 0.376. The largest absolute Gasteiger partial charge is 0.490 e. The van der Waals surface area contributed by atoms with Crippen LogP contribution in [0.15, 0.2) is 46.4 Å². The van der Waals surface area contributed by atoms with Crippen molar-refractivity contribution in [3.8, 4) is 11.8 Å². The smallest absolute Gasteiger partial charge is 0.262 e. The third kappa shape index (κ3) is 8.31. The summed E-state index contributed by atoms with van der Waals surface area (Å²) < 4.78 is 6.10. The van der Waals surface area contributed by atoms with Gasteiger partial charge in [-0.2, -0.15) is 5.26 Å². The topological polar surface area (TPSA) is 180 Å². The number of piperazine rings is 1. The number of carbonyl (C=O) groups excluding carboxylic acids is 5. The van der Waals surface area contributed by atoms with Gasteiger partial charge in [0.05, 0.1) is 40.6 Å². The number of aliphatic imine (C=N–C) groups is 2. The number of likely N-dealkylation sites (tertiary alicyclic amines) is 1. The number of amidine groups is 1. The minimum atomic E-state index is -0.975. The average molecular weight is 810 g/mol. The second-order valence-corrected chi connectivity index (χ2v) is 16.8. The van der Waals surface area contributed by atoms with Crippen molar-refractivity contribution >= 4 is 58.9 Å². The number of hydrogen-bond acceptors (Lipinski definition) is 12. The van der Waals surface area contributed by atoms with Crippen molar-refractivity contribution < 1.29 is 28.7 Å². The Kier molecular flexibility index (Phi) is 11.2. The maximum Gasteiger partial charge on any atom is 0.262 e. The average Bonchev–Trinajstić information content (AvgIpc) is 3.47. The Morgan fingerprint density at radius 3 is 2.34 bits per heavy atom. The van der Waals surface area contributed by atoms with E-state index in [9.17, 15) is 24.0 Å². The molecule has 0 aromatic heterocycles. The highest BCUT2D eigenvalue weighted by molar-refractivity contribution is 6.32. The molecule has 58 heavy (non-hydrogen) atoms. The van der Waals surface area contributed by atoms with Gasteiger partial charge in [-0.1, -0.05) is 11.6 Å². The van der Waals surface area contributed by atoms with Gasteiger partial charge >= 0.3 is 0 Å². The number of rotatable bonds is 8. The molecule has 6 aliphatic rings.